The van der Waals surface area contributed by atoms with Crippen LogP contribution in [0.2, 0.25) is 5.02 Å². The van der Waals surface area contributed by atoms with E-state index < -0.39 is 0 Å². The van der Waals surface area contributed by atoms with E-state index in [-0.39, 0.29) is 5.54 Å². The zero-order chi connectivity index (χ0) is 13.9. The van der Waals surface area contributed by atoms with Crippen molar-refractivity contribution >= 4 is 11.6 Å². The van der Waals surface area contributed by atoms with Gasteiger partial charge in [0.25, 0.3) is 0 Å². The van der Waals surface area contributed by atoms with Gasteiger partial charge in [-0.05, 0) is 55.2 Å². The molecule has 0 radical (unpaired) electrons. The molecule has 1 fully saturated rings. The van der Waals surface area contributed by atoms with E-state index in [4.69, 9.17) is 17.3 Å². The predicted molar refractivity (Wildman–Crippen MR) is 83.5 cm³/mol. The van der Waals surface area contributed by atoms with Crippen LogP contribution < -0.4 is 5.73 Å². The molecule has 0 saturated heterocycles. The Labute approximate surface area is 122 Å². The standard InChI is InChI=1S/C17H26ClN/c1-13(2)15-6-4-9-17(19,10-8-15)12-14-5-3-7-16(18)11-14/h3,5,7,11,13,15H,4,6,8-10,12,19H2,1-2H3. The van der Waals surface area contributed by atoms with Crippen molar-refractivity contribution < 1.29 is 0 Å². The fraction of sp³-hybridized carbons (Fsp3) is 0.647. The van der Waals surface area contributed by atoms with Crippen molar-refractivity contribution in [1.82, 2.24) is 0 Å². The Bertz CT molecular complexity index is 415. The van der Waals surface area contributed by atoms with Crippen LogP contribution in [0.4, 0.5) is 0 Å². The van der Waals surface area contributed by atoms with Crippen molar-refractivity contribution in [2.45, 2.75) is 57.9 Å². The number of halogens is 1. The SMILES string of the molecule is CC(C)C1CCCC(N)(Cc2cccc(Cl)c2)CC1. The topological polar surface area (TPSA) is 26.0 Å². The van der Waals surface area contributed by atoms with Crippen molar-refractivity contribution in [3.05, 3.63) is 34.9 Å². The first kappa shape index (κ1) is 14.9. The fourth-order valence-electron chi connectivity index (χ4n) is 3.36. The lowest BCUT2D eigenvalue weighted by Gasteiger charge is -2.28. The molecular weight excluding hydrogens is 254 g/mol. The number of hydrogen-bond donors (Lipinski definition) is 1. The summed E-state index contributed by atoms with van der Waals surface area (Å²) in [6, 6.07) is 8.15. The lowest BCUT2D eigenvalue weighted by atomic mass is 9.83. The molecule has 2 atom stereocenters. The second-order valence-corrected chi connectivity index (χ2v) is 7.04. The molecule has 1 nitrogen and oxygen atoms in total. The van der Waals surface area contributed by atoms with Crippen LogP contribution in [0.1, 0.15) is 51.5 Å². The first-order valence-electron chi connectivity index (χ1n) is 7.52. The van der Waals surface area contributed by atoms with E-state index in [1.165, 1.54) is 24.8 Å². The van der Waals surface area contributed by atoms with Gasteiger partial charge in [0.2, 0.25) is 0 Å². The van der Waals surface area contributed by atoms with E-state index in [9.17, 15) is 0 Å². The van der Waals surface area contributed by atoms with Crippen molar-refractivity contribution in [2.75, 3.05) is 0 Å². The predicted octanol–water partition coefficient (Wildman–Crippen LogP) is 4.82. The lowest BCUT2D eigenvalue weighted by molar-refractivity contribution is 0.322. The summed E-state index contributed by atoms with van der Waals surface area (Å²) in [6.07, 6.45) is 7.12. The highest BCUT2D eigenvalue weighted by Crippen LogP contribution is 2.34. The molecule has 1 aromatic rings. The van der Waals surface area contributed by atoms with Gasteiger partial charge >= 0.3 is 0 Å². The van der Waals surface area contributed by atoms with Crippen LogP contribution in [0.15, 0.2) is 24.3 Å². The van der Waals surface area contributed by atoms with Crippen LogP contribution in [-0.2, 0) is 6.42 Å². The maximum Gasteiger partial charge on any atom is 0.0408 e. The smallest absolute Gasteiger partial charge is 0.0408 e. The Hall–Kier alpha value is -0.530. The van der Waals surface area contributed by atoms with Crippen LogP contribution in [0.5, 0.6) is 0 Å². The highest BCUT2D eigenvalue weighted by atomic mass is 35.5. The minimum atomic E-state index is -0.0334. The molecule has 106 valence electrons. The molecule has 0 aliphatic heterocycles. The van der Waals surface area contributed by atoms with Gasteiger partial charge < -0.3 is 5.73 Å². The van der Waals surface area contributed by atoms with Crippen molar-refractivity contribution in [3.8, 4) is 0 Å². The van der Waals surface area contributed by atoms with E-state index >= 15 is 0 Å². The zero-order valence-corrected chi connectivity index (χ0v) is 12.9. The Kier molecular flexibility index (Phi) is 4.92. The van der Waals surface area contributed by atoms with Gasteiger partial charge in [-0.2, -0.15) is 0 Å². The van der Waals surface area contributed by atoms with Gasteiger partial charge in [-0.3, -0.25) is 0 Å². The minimum absolute atomic E-state index is 0.0334. The van der Waals surface area contributed by atoms with Gasteiger partial charge in [-0.1, -0.05) is 50.4 Å². The molecule has 1 aliphatic rings. The number of hydrogen-bond acceptors (Lipinski definition) is 1. The quantitative estimate of drug-likeness (QED) is 0.789. The molecule has 2 unspecified atom stereocenters. The highest BCUT2D eigenvalue weighted by Gasteiger charge is 2.30. The molecule has 0 spiro atoms. The first-order valence-corrected chi connectivity index (χ1v) is 7.90. The van der Waals surface area contributed by atoms with Crippen LogP contribution in [0.25, 0.3) is 0 Å². The third-order valence-electron chi connectivity index (χ3n) is 4.65. The van der Waals surface area contributed by atoms with Gasteiger partial charge in [0, 0.05) is 10.6 Å². The summed E-state index contributed by atoms with van der Waals surface area (Å²) in [6.45, 7) is 4.68. The lowest BCUT2D eigenvalue weighted by Crippen LogP contribution is -2.41. The maximum absolute atomic E-state index is 6.66. The molecule has 1 saturated carbocycles. The third-order valence-corrected chi connectivity index (χ3v) is 4.89. The molecule has 2 heteroatoms. The summed E-state index contributed by atoms with van der Waals surface area (Å²) in [7, 11) is 0. The fourth-order valence-corrected chi connectivity index (χ4v) is 3.57. The molecule has 1 aromatic carbocycles. The second-order valence-electron chi connectivity index (χ2n) is 6.60. The van der Waals surface area contributed by atoms with Crippen LogP contribution in [-0.4, -0.2) is 5.54 Å². The molecular formula is C17H26ClN. The van der Waals surface area contributed by atoms with Crippen molar-refractivity contribution in [1.29, 1.82) is 0 Å². The van der Waals surface area contributed by atoms with Gasteiger partial charge in [0.15, 0.2) is 0 Å². The summed E-state index contributed by atoms with van der Waals surface area (Å²) in [5.41, 5.74) is 7.90. The number of rotatable bonds is 3. The van der Waals surface area contributed by atoms with Crippen LogP contribution in [0.3, 0.4) is 0 Å². The summed E-state index contributed by atoms with van der Waals surface area (Å²) < 4.78 is 0. The van der Waals surface area contributed by atoms with E-state index in [0.717, 1.165) is 36.1 Å². The second kappa shape index (κ2) is 6.28. The van der Waals surface area contributed by atoms with Gasteiger partial charge in [0.1, 0.15) is 0 Å². The Morgan fingerprint density at radius 3 is 2.79 bits per heavy atom. The van der Waals surface area contributed by atoms with E-state index in [1.54, 1.807) is 0 Å². The summed E-state index contributed by atoms with van der Waals surface area (Å²) in [5, 5.41) is 0.815. The molecule has 0 aromatic heterocycles. The highest BCUT2D eigenvalue weighted by molar-refractivity contribution is 6.30. The Morgan fingerprint density at radius 2 is 2.11 bits per heavy atom. The van der Waals surface area contributed by atoms with Gasteiger partial charge in [0.05, 0.1) is 0 Å². The van der Waals surface area contributed by atoms with Crippen LogP contribution >= 0.6 is 11.6 Å². The molecule has 0 heterocycles. The average Bonchev–Trinajstić information content (AvgIpc) is 2.51. The van der Waals surface area contributed by atoms with Gasteiger partial charge in [-0.25, -0.2) is 0 Å². The molecule has 1 aliphatic carbocycles. The molecule has 2 rings (SSSR count). The molecule has 2 N–H and O–H groups in total. The first-order chi connectivity index (χ1) is 8.98. The summed E-state index contributed by atoms with van der Waals surface area (Å²) in [4.78, 5) is 0. The largest absolute Gasteiger partial charge is 0.325 e. The zero-order valence-electron chi connectivity index (χ0n) is 12.2. The van der Waals surface area contributed by atoms with Crippen molar-refractivity contribution in [2.24, 2.45) is 17.6 Å². The third kappa shape index (κ3) is 4.22. The van der Waals surface area contributed by atoms with E-state index in [1.807, 2.05) is 12.1 Å². The summed E-state index contributed by atoms with van der Waals surface area (Å²) in [5.74, 6) is 1.64. The van der Waals surface area contributed by atoms with E-state index in [2.05, 4.69) is 26.0 Å². The minimum Gasteiger partial charge on any atom is -0.325 e. The number of nitrogens with two attached hydrogens (primary N) is 1. The molecule has 0 bridgehead atoms. The average molecular weight is 280 g/mol. The molecule has 0 amide bonds. The van der Waals surface area contributed by atoms with E-state index in [0.29, 0.717) is 0 Å². The van der Waals surface area contributed by atoms with Gasteiger partial charge in [-0.15, -0.1) is 0 Å². The maximum atomic E-state index is 6.66. The normalized spacial score (nSPS) is 28.4. The van der Waals surface area contributed by atoms with Crippen LogP contribution in [0, 0.1) is 11.8 Å². The Morgan fingerprint density at radius 1 is 1.32 bits per heavy atom. The summed E-state index contributed by atoms with van der Waals surface area (Å²) >= 11 is 6.06. The molecule has 19 heavy (non-hydrogen) atoms. The monoisotopic (exact) mass is 279 g/mol. The van der Waals surface area contributed by atoms with Crippen molar-refractivity contribution in [3.63, 3.8) is 0 Å². The Balaban J connectivity index is 2.02. The number of benzene rings is 1.